The Morgan fingerprint density at radius 3 is 1.19 bits per heavy atom. The van der Waals surface area contributed by atoms with Gasteiger partial charge in [-0.3, -0.25) is 4.79 Å². The molecule has 2 rings (SSSR count). The van der Waals surface area contributed by atoms with Crippen LogP contribution in [0, 0.1) is 0 Å². The molecule has 0 aliphatic carbocycles. The Labute approximate surface area is 161 Å². The van der Waals surface area contributed by atoms with E-state index in [4.69, 9.17) is 21.4 Å². The number of hydrogen-bond acceptors (Lipinski definition) is 5. The fraction of sp³-hybridized carbons (Fsp3) is 0.235. The first-order valence-corrected chi connectivity index (χ1v) is 12.2. The molecule has 0 N–H and O–H groups in total. The molecule has 0 aromatic heterocycles. The van der Waals surface area contributed by atoms with Crippen molar-refractivity contribution in [3.05, 3.63) is 59.7 Å². The van der Waals surface area contributed by atoms with E-state index in [1.165, 1.54) is 24.3 Å². The first kappa shape index (κ1) is 20.9. The fourth-order valence-corrected chi connectivity index (χ4v) is 4.08. The summed E-state index contributed by atoms with van der Waals surface area (Å²) in [5.41, 5.74) is 1.32. The van der Waals surface area contributed by atoms with Crippen LogP contribution in [-0.4, -0.2) is 22.6 Å². The van der Waals surface area contributed by atoms with E-state index in [1.54, 1.807) is 38.1 Å². The van der Waals surface area contributed by atoms with E-state index in [0.29, 0.717) is 11.1 Å². The normalized spacial score (nSPS) is 14.6. The highest BCUT2D eigenvalue weighted by Gasteiger charge is 2.24. The standard InChI is InChI=1S/C17H16Cl2O5S2/c1-11(13-3-7-15(8-4-13)25(18,21)22)17(20)12(2)14-5-9-16(10-6-14)26(19,23)24/h3-12H,1-2H3. The van der Waals surface area contributed by atoms with Gasteiger partial charge in [0.15, 0.2) is 0 Å². The monoisotopic (exact) mass is 434 g/mol. The average molecular weight is 435 g/mol. The molecule has 0 heterocycles. The summed E-state index contributed by atoms with van der Waals surface area (Å²) < 4.78 is 45.1. The van der Waals surface area contributed by atoms with Gasteiger partial charge in [0, 0.05) is 33.2 Å². The third-order valence-corrected chi connectivity index (χ3v) is 6.92. The molecule has 2 atom stereocenters. The van der Waals surface area contributed by atoms with E-state index >= 15 is 0 Å². The Balaban J connectivity index is 2.22. The van der Waals surface area contributed by atoms with Crippen LogP contribution in [0.15, 0.2) is 58.3 Å². The quantitative estimate of drug-likeness (QED) is 0.640. The summed E-state index contributed by atoms with van der Waals surface area (Å²) in [5.74, 6) is -1.05. The van der Waals surface area contributed by atoms with Crippen LogP contribution in [0.4, 0.5) is 0 Å². The topological polar surface area (TPSA) is 85.3 Å². The lowest BCUT2D eigenvalue weighted by atomic mass is 9.86. The zero-order valence-corrected chi connectivity index (χ0v) is 17.0. The lowest BCUT2D eigenvalue weighted by Crippen LogP contribution is -2.16. The summed E-state index contributed by atoms with van der Waals surface area (Å²) >= 11 is 0. The molecular formula is C17H16Cl2O5S2. The lowest BCUT2D eigenvalue weighted by Gasteiger charge is -2.17. The molecule has 2 unspecified atom stereocenters. The lowest BCUT2D eigenvalue weighted by molar-refractivity contribution is -0.121. The van der Waals surface area contributed by atoms with Crippen LogP contribution in [0.3, 0.4) is 0 Å². The molecule has 0 bridgehead atoms. The van der Waals surface area contributed by atoms with Crippen molar-refractivity contribution in [1.29, 1.82) is 0 Å². The molecule has 2 aromatic carbocycles. The van der Waals surface area contributed by atoms with Crippen molar-refractivity contribution in [2.45, 2.75) is 35.5 Å². The minimum Gasteiger partial charge on any atom is -0.298 e. The van der Waals surface area contributed by atoms with Gasteiger partial charge in [-0.1, -0.05) is 38.1 Å². The Morgan fingerprint density at radius 2 is 0.962 bits per heavy atom. The van der Waals surface area contributed by atoms with Crippen LogP contribution in [0.25, 0.3) is 0 Å². The van der Waals surface area contributed by atoms with Crippen LogP contribution in [-0.2, 0) is 22.9 Å². The molecule has 0 aliphatic rings. The molecule has 2 aromatic rings. The minimum absolute atomic E-state index is 0.0338. The molecule has 0 saturated heterocycles. The van der Waals surface area contributed by atoms with Gasteiger partial charge >= 0.3 is 0 Å². The maximum Gasteiger partial charge on any atom is 0.261 e. The van der Waals surface area contributed by atoms with Gasteiger partial charge in [0.1, 0.15) is 5.78 Å². The second kappa shape index (κ2) is 7.68. The van der Waals surface area contributed by atoms with Crippen LogP contribution < -0.4 is 0 Å². The predicted molar refractivity (Wildman–Crippen MR) is 101 cm³/mol. The van der Waals surface area contributed by atoms with Gasteiger partial charge in [-0.15, -0.1) is 0 Å². The Bertz CT molecular complexity index is 928. The third-order valence-electron chi connectivity index (χ3n) is 4.18. The molecule has 5 nitrogen and oxygen atoms in total. The summed E-state index contributed by atoms with van der Waals surface area (Å²) in [6.07, 6.45) is 0. The van der Waals surface area contributed by atoms with Crippen molar-refractivity contribution >= 4 is 45.2 Å². The maximum absolute atomic E-state index is 12.7. The zero-order chi connectivity index (χ0) is 19.7. The SMILES string of the molecule is CC(C(=O)C(C)c1ccc(S(=O)(=O)Cl)cc1)c1ccc(S(=O)(=O)Cl)cc1. The van der Waals surface area contributed by atoms with Gasteiger partial charge in [0.2, 0.25) is 0 Å². The van der Waals surface area contributed by atoms with E-state index in [1.807, 2.05) is 0 Å². The molecule has 9 heteroatoms. The second-order valence-electron chi connectivity index (χ2n) is 5.86. The number of carbonyl (C=O) groups excluding carboxylic acids is 1. The molecule has 0 saturated carbocycles. The summed E-state index contributed by atoms with van der Waals surface area (Å²) in [4.78, 5) is 12.7. The number of carbonyl (C=O) groups is 1. The van der Waals surface area contributed by atoms with Crippen LogP contribution in [0.1, 0.15) is 36.8 Å². The van der Waals surface area contributed by atoms with Crippen molar-refractivity contribution in [3.8, 4) is 0 Å². The van der Waals surface area contributed by atoms with E-state index < -0.39 is 29.9 Å². The highest BCUT2D eigenvalue weighted by Crippen LogP contribution is 2.28. The summed E-state index contributed by atoms with van der Waals surface area (Å²) in [6, 6.07) is 11.6. The Hall–Kier alpha value is -1.41. The summed E-state index contributed by atoms with van der Waals surface area (Å²) in [5, 5.41) is 0. The molecule has 140 valence electrons. The van der Waals surface area contributed by atoms with Crippen LogP contribution in [0.5, 0.6) is 0 Å². The average Bonchev–Trinajstić information content (AvgIpc) is 2.58. The Kier molecular flexibility index (Phi) is 6.17. The van der Waals surface area contributed by atoms with E-state index in [-0.39, 0.29) is 15.6 Å². The third kappa shape index (κ3) is 4.85. The van der Waals surface area contributed by atoms with Gasteiger partial charge in [-0.05, 0) is 35.4 Å². The van der Waals surface area contributed by atoms with Crippen molar-refractivity contribution < 1.29 is 21.6 Å². The number of halogens is 2. The summed E-state index contributed by atoms with van der Waals surface area (Å²) in [7, 11) is 2.94. The molecule has 0 radical (unpaired) electrons. The number of Topliss-reactive ketones (excluding diaryl/α,β-unsaturated/α-hetero) is 1. The van der Waals surface area contributed by atoms with Crippen molar-refractivity contribution in [1.82, 2.24) is 0 Å². The molecule has 0 aliphatic heterocycles. The van der Waals surface area contributed by atoms with E-state index in [0.717, 1.165) is 0 Å². The number of benzene rings is 2. The maximum atomic E-state index is 12.7. The van der Waals surface area contributed by atoms with Gasteiger partial charge in [0.25, 0.3) is 18.1 Å². The molecule has 0 fully saturated rings. The number of hydrogen-bond donors (Lipinski definition) is 0. The minimum atomic E-state index is -3.81. The molecule has 0 amide bonds. The molecular weight excluding hydrogens is 419 g/mol. The van der Waals surface area contributed by atoms with E-state index in [2.05, 4.69) is 0 Å². The highest BCUT2D eigenvalue weighted by atomic mass is 35.7. The van der Waals surface area contributed by atoms with Gasteiger partial charge in [-0.2, -0.15) is 0 Å². The van der Waals surface area contributed by atoms with Crippen molar-refractivity contribution in [2.75, 3.05) is 0 Å². The smallest absolute Gasteiger partial charge is 0.261 e. The summed E-state index contributed by atoms with van der Waals surface area (Å²) in [6.45, 7) is 3.45. The van der Waals surface area contributed by atoms with Crippen molar-refractivity contribution in [3.63, 3.8) is 0 Å². The van der Waals surface area contributed by atoms with E-state index in [9.17, 15) is 21.6 Å². The number of ketones is 1. The van der Waals surface area contributed by atoms with Crippen molar-refractivity contribution in [2.24, 2.45) is 0 Å². The van der Waals surface area contributed by atoms with Gasteiger partial charge in [0.05, 0.1) is 9.79 Å². The van der Waals surface area contributed by atoms with Gasteiger partial charge < -0.3 is 0 Å². The predicted octanol–water partition coefficient (Wildman–Crippen LogP) is 4.02. The van der Waals surface area contributed by atoms with Gasteiger partial charge in [-0.25, -0.2) is 16.8 Å². The number of rotatable bonds is 6. The fourth-order valence-electron chi connectivity index (χ4n) is 2.54. The molecule has 0 spiro atoms. The Morgan fingerprint density at radius 1 is 0.692 bits per heavy atom. The molecule has 26 heavy (non-hydrogen) atoms. The first-order chi connectivity index (χ1) is 11.9. The highest BCUT2D eigenvalue weighted by molar-refractivity contribution is 8.14. The van der Waals surface area contributed by atoms with Crippen LogP contribution >= 0.6 is 21.4 Å². The zero-order valence-electron chi connectivity index (χ0n) is 13.9. The second-order valence-corrected chi connectivity index (χ2v) is 11.0. The first-order valence-electron chi connectivity index (χ1n) is 7.54. The largest absolute Gasteiger partial charge is 0.298 e. The van der Waals surface area contributed by atoms with Crippen LogP contribution in [0.2, 0.25) is 0 Å².